The molecule has 3 heterocycles. The lowest BCUT2D eigenvalue weighted by molar-refractivity contribution is 0.232. The van der Waals surface area contributed by atoms with Gasteiger partial charge in [0.25, 0.3) is 0 Å². The molecule has 0 spiro atoms. The Morgan fingerprint density at radius 2 is 1.96 bits per heavy atom. The van der Waals surface area contributed by atoms with Crippen molar-refractivity contribution >= 4 is 34.2 Å². The van der Waals surface area contributed by atoms with Crippen molar-refractivity contribution in [3.63, 3.8) is 0 Å². The molecule has 2 aromatic heterocycles. The number of piperazine rings is 1. The highest BCUT2D eigenvalue weighted by atomic mass is 35.5. The summed E-state index contributed by atoms with van der Waals surface area (Å²) in [6, 6.07) is 7.89. The molecule has 1 aliphatic rings. The molecular weight excluding hydrogens is 355 g/mol. The van der Waals surface area contributed by atoms with Crippen LogP contribution < -0.4 is 5.32 Å². The second-order valence-electron chi connectivity index (χ2n) is 6.46. The third-order valence-electron chi connectivity index (χ3n) is 4.79. The molecule has 3 aromatic rings. The van der Waals surface area contributed by atoms with Crippen LogP contribution in [0.3, 0.4) is 0 Å². The van der Waals surface area contributed by atoms with Crippen molar-refractivity contribution in [2.75, 3.05) is 26.2 Å². The fourth-order valence-electron chi connectivity index (χ4n) is 3.37. The van der Waals surface area contributed by atoms with Crippen molar-refractivity contribution in [1.82, 2.24) is 20.2 Å². The Labute approximate surface area is 157 Å². The molecule has 0 atom stereocenters. The fourth-order valence-corrected chi connectivity index (χ4v) is 3.77. The highest BCUT2D eigenvalue weighted by Gasteiger charge is 2.16. The number of benzene rings is 1. The summed E-state index contributed by atoms with van der Waals surface area (Å²) in [4.78, 5) is 10.7. The number of hydrogen-bond acceptors (Lipinski definition) is 3. The Morgan fingerprint density at radius 3 is 2.76 bits per heavy atom. The summed E-state index contributed by atoms with van der Waals surface area (Å²) in [6.45, 7) is 7.26. The Hall–Kier alpha value is -1.59. The molecule has 1 aromatic carbocycles. The van der Waals surface area contributed by atoms with E-state index in [0.29, 0.717) is 10.0 Å². The van der Waals surface area contributed by atoms with E-state index < -0.39 is 0 Å². The Bertz CT molecular complexity index is 913. The minimum atomic E-state index is 0.556. The van der Waals surface area contributed by atoms with Gasteiger partial charge < -0.3 is 10.3 Å². The van der Waals surface area contributed by atoms with Gasteiger partial charge in [0, 0.05) is 55.7 Å². The first-order chi connectivity index (χ1) is 12.1. The molecule has 2 N–H and O–H groups in total. The van der Waals surface area contributed by atoms with Crippen LogP contribution >= 0.6 is 23.2 Å². The van der Waals surface area contributed by atoms with Gasteiger partial charge in [0.15, 0.2) is 0 Å². The number of H-pyrrole nitrogens is 1. The third-order valence-corrected chi connectivity index (χ3v) is 5.61. The lowest BCUT2D eigenvalue weighted by Gasteiger charge is -2.27. The number of rotatable bonds is 3. The Kier molecular flexibility index (Phi) is 4.69. The van der Waals surface area contributed by atoms with Crippen LogP contribution in [0.25, 0.3) is 22.2 Å². The molecule has 0 saturated carbocycles. The quantitative estimate of drug-likeness (QED) is 0.719. The van der Waals surface area contributed by atoms with Crippen molar-refractivity contribution in [3.8, 4) is 11.1 Å². The number of aromatic nitrogens is 2. The van der Waals surface area contributed by atoms with Gasteiger partial charge in [-0.15, -0.1) is 0 Å². The topological polar surface area (TPSA) is 44.0 Å². The van der Waals surface area contributed by atoms with Gasteiger partial charge in [0.1, 0.15) is 0 Å². The van der Waals surface area contributed by atoms with Gasteiger partial charge in [-0.2, -0.15) is 0 Å². The van der Waals surface area contributed by atoms with E-state index in [-0.39, 0.29) is 0 Å². The van der Waals surface area contributed by atoms with Gasteiger partial charge >= 0.3 is 0 Å². The maximum atomic E-state index is 6.40. The van der Waals surface area contributed by atoms with E-state index in [2.05, 4.69) is 28.2 Å². The Balaban J connectivity index is 1.72. The van der Waals surface area contributed by atoms with Crippen LogP contribution in [-0.4, -0.2) is 41.0 Å². The van der Waals surface area contributed by atoms with E-state index >= 15 is 0 Å². The van der Waals surface area contributed by atoms with Crippen molar-refractivity contribution in [2.24, 2.45) is 0 Å². The summed E-state index contributed by atoms with van der Waals surface area (Å²) in [5.74, 6) is 0. The molecule has 0 unspecified atom stereocenters. The van der Waals surface area contributed by atoms with Crippen molar-refractivity contribution in [2.45, 2.75) is 13.5 Å². The molecule has 4 rings (SSSR count). The minimum Gasteiger partial charge on any atom is -0.359 e. The Morgan fingerprint density at radius 1 is 1.16 bits per heavy atom. The molecular formula is C19H20Cl2N4. The van der Waals surface area contributed by atoms with Crippen molar-refractivity contribution in [3.05, 3.63) is 51.8 Å². The smallest absolute Gasteiger partial charge is 0.0961 e. The highest BCUT2D eigenvalue weighted by Crippen LogP contribution is 2.36. The molecule has 1 aliphatic heterocycles. The van der Waals surface area contributed by atoms with Crippen LogP contribution in [0.4, 0.5) is 0 Å². The van der Waals surface area contributed by atoms with E-state index in [1.165, 1.54) is 5.56 Å². The van der Waals surface area contributed by atoms with E-state index in [0.717, 1.165) is 60.6 Å². The minimum absolute atomic E-state index is 0.556. The number of hydrogen-bond donors (Lipinski definition) is 2. The number of aromatic amines is 1. The van der Waals surface area contributed by atoms with Crippen LogP contribution in [0.1, 0.15) is 11.3 Å². The zero-order valence-electron chi connectivity index (χ0n) is 14.1. The van der Waals surface area contributed by atoms with Gasteiger partial charge in [0.05, 0.1) is 21.1 Å². The molecule has 1 fully saturated rings. The normalized spacial score (nSPS) is 15.8. The summed E-state index contributed by atoms with van der Waals surface area (Å²) in [5.41, 5.74) is 6.18. The average molecular weight is 375 g/mol. The zero-order chi connectivity index (χ0) is 17.4. The number of fused-ring (bicyclic) bond motifs is 1. The predicted octanol–water partition coefficient (Wildman–Crippen LogP) is 4.25. The van der Waals surface area contributed by atoms with E-state index in [4.69, 9.17) is 28.2 Å². The maximum absolute atomic E-state index is 6.40. The van der Waals surface area contributed by atoms with Gasteiger partial charge in [-0.1, -0.05) is 35.3 Å². The fraction of sp³-hybridized carbons (Fsp3) is 0.316. The third kappa shape index (κ3) is 3.27. The summed E-state index contributed by atoms with van der Waals surface area (Å²) in [7, 11) is 0. The van der Waals surface area contributed by atoms with E-state index in [1.54, 1.807) is 6.07 Å². The van der Waals surface area contributed by atoms with Gasteiger partial charge in [-0.05, 0) is 24.6 Å². The molecule has 6 heteroatoms. The lowest BCUT2D eigenvalue weighted by Crippen LogP contribution is -2.43. The van der Waals surface area contributed by atoms with E-state index in [1.807, 2.05) is 18.3 Å². The first-order valence-electron chi connectivity index (χ1n) is 8.48. The number of pyridine rings is 1. The average Bonchev–Trinajstić information content (AvgIpc) is 3.01. The first-order valence-corrected chi connectivity index (χ1v) is 9.24. The summed E-state index contributed by atoms with van der Waals surface area (Å²) < 4.78 is 0. The molecule has 25 heavy (non-hydrogen) atoms. The van der Waals surface area contributed by atoms with Crippen LogP contribution in [0.15, 0.2) is 30.5 Å². The number of halogens is 2. The van der Waals surface area contributed by atoms with Crippen LogP contribution in [0, 0.1) is 6.92 Å². The molecule has 0 radical (unpaired) electrons. The summed E-state index contributed by atoms with van der Waals surface area (Å²) >= 11 is 12.6. The molecule has 0 amide bonds. The number of nitrogens with one attached hydrogen (secondary N) is 2. The number of aryl methyl sites for hydroxylation is 1. The van der Waals surface area contributed by atoms with Gasteiger partial charge in [-0.25, -0.2) is 0 Å². The number of nitrogens with zero attached hydrogens (tertiary/aromatic N) is 2. The standard InChI is InChI=1S/C19H20Cl2N4/c1-12-13(11-25-7-5-22-6-8-25)9-17-19(24-12)15(10-23-17)14-3-2-4-16(20)18(14)21/h2-4,9-10,22-23H,5-8,11H2,1H3. The van der Waals surface area contributed by atoms with Crippen LogP contribution in [-0.2, 0) is 6.54 Å². The predicted molar refractivity (Wildman–Crippen MR) is 104 cm³/mol. The molecule has 130 valence electrons. The summed E-state index contributed by atoms with van der Waals surface area (Å²) in [6.07, 6.45) is 1.96. The second kappa shape index (κ2) is 6.96. The first kappa shape index (κ1) is 16.9. The molecule has 1 saturated heterocycles. The second-order valence-corrected chi connectivity index (χ2v) is 7.24. The monoisotopic (exact) mass is 374 g/mol. The molecule has 0 aliphatic carbocycles. The largest absolute Gasteiger partial charge is 0.359 e. The SMILES string of the molecule is Cc1nc2c(-c3cccc(Cl)c3Cl)c[nH]c2cc1CN1CCNCC1. The zero-order valence-corrected chi connectivity index (χ0v) is 15.6. The maximum Gasteiger partial charge on any atom is 0.0961 e. The molecule has 4 nitrogen and oxygen atoms in total. The summed E-state index contributed by atoms with van der Waals surface area (Å²) in [5, 5.41) is 4.51. The van der Waals surface area contributed by atoms with Gasteiger partial charge in [-0.3, -0.25) is 9.88 Å². The van der Waals surface area contributed by atoms with Crippen LogP contribution in [0.2, 0.25) is 10.0 Å². The highest BCUT2D eigenvalue weighted by molar-refractivity contribution is 6.43. The van der Waals surface area contributed by atoms with Gasteiger partial charge in [0.2, 0.25) is 0 Å². The lowest BCUT2D eigenvalue weighted by atomic mass is 10.1. The van der Waals surface area contributed by atoms with Crippen molar-refractivity contribution < 1.29 is 0 Å². The van der Waals surface area contributed by atoms with Crippen LogP contribution in [0.5, 0.6) is 0 Å². The van der Waals surface area contributed by atoms with Crippen molar-refractivity contribution in [1.29, 1.82) is 0 Å². The van der Waals surface area contributed by atoms with E-state index in [9.17, 15) is 0 Å². The molecule has 0 bridgehead atoms.